The molecule has 0 aromatic heterocycles. The van der Waals surface area contributed by atoms with Gasteiger partial charge in [0.25, 0.3) is 0 Å². The normalized spacial score (nSPS) is 20.3. The molecule has 0 spiro atoms. The molecule has 1 aliphatic heterocycles. The number of nitriles is 1. The molecular weight excluding hydrogens is 1550 g/mol. The van der Waals surface area contributed by atoms with Crippen LogP contribution in [0.3, 0.4) is 0 Å². The SMILES string of the molecule is C=CCO[C@H]1[C@H](OCc2ccccc2)[C@@H](N=[N+]=[N-])[C@@H](O[C@@H]2[C@@H](OCc3ccccc3)[C@H](OCc3ccccc3)[C@@H](OCc3ccccc3)[C@@H](OC(=O)CCCCCCCCCCCCCCC)[C@H]2OP(=O)(OCCC#N)OC[C@H](COCCCCCCCCCCCCCCCCCC)OC(=O)OCc2ccccc2)O[C@@H]1COCc1ccccc1. The molecule has 662 valence electrons. The van der Waals surface area contributed by atoms with Crippen LogP contribution >= 0.6 is 7.82 Å². The number of azide groups is 1. The van der Waals surface area contributed by atoms with Gasteiger partial charge >= 0.3 is 19.9 Å². The average molecular weight is 1690 g/mol. The minimum Gasteiger partial charge on any atom is -0.457 e. The maximum Gasteiger partial charge on any atom is 0.509 e. The molecule has 0 radical (unpaired) electrons. The van der Waals surface area contributed by atoms with Crippen LogP contribution in [-0.4, -0.2) is 125 Å². The fourth-order valence-corrected chi connectivity index (χ4v) is 16.6. The Morgan fingerprint density at radius 1 is 0.471 bits per heavy atom. The van der Waals surface area contributed by atoms with Gasteiger partial charge in [0.1, 0.15) is 61.5 Å². The van der Waals surface area contributed by atoms with Gasteiger partial charge in [0.05, 0.1) is 78.6 Å². The van der Waals surface area contributed by atoms with E-state index in [9.17, 15) is 15.6 Å². The highest BCUT2D eigenvalue weighted by Crippen LogP contribution is 2.54. The monoisotopic (exact) mass is 1690 g/mol. The summed E-state index contributed by atoms with van der Waals surface area (Å²) in [5, 5.41) is 14.7. The number of ether oxygens (including phenoxy) is 12. The Kier molecular flexibility index (Phi) is 50.3. The summed E-state index contributed by atoms with van der Waals surface area (Å²) in [5.41, 5.74) is 15.5. The van der Waals surface area contributed by atoms with E-state index >= 15 is 9.36 Å². The van der Waals surface area contributed by atoms with Crippen LogP contribution in [0.5, 0.6) is 0 Å². The van der Waals surface area contributed by atoms with E-state index < -0.39 is 107 Å². The van der Waals surface area contributed by atoms with Gasteiger partial charge in [0.15, 0.2) is 18.5 Å². The van der Waals surface area contributed by atoms with Crippen LogP contribution in [0.1, 0.15) is 246 Å². The Bertz CT molecular complexity index is 3800. The van der Waals surface area contributed by atoms with E-state index in [4.69, 9.17) is 70.4 Å². The molecule has 22 nitrogen and oxygen atoms in total. The number of phosphoric acid groups is 1. The third kappa shape index (κ3) is 39.4. The van der Waals surface area contributed by atoms with Gasteiger partial charge in [0, 0.05) is 17.9 Å². The molecule has 1 saturated carbocycles. The second-order valence-electron chi connectivity index (χ2n) is 31.6. The summed E-state index contributed by atoms with van der Waals surface area (Å²) in [6.07, 6.45) is 18.0. The van der Waals surface area contributed by atoms with Gasteiger partial charge in [-0.15, -0.1) is 6.58 Å². The van der Waals surface area contributed by atoms with Crippen molar-refractivity contribution in [1.82, 2.24) is 0 Å². The van der Waals surface area contributed by atoms with Crippen molar-refractivity contribution in [2.45, 2.75) is 326 Å². The van der Waals surface area contributed by atoms with E-state index in [1.54, 1.807) is 6.08 Å². The van der Waals surface area contributed by atoms with Gasteiger partial charge in [-0.25, -0.2) is 9.36 Å². The van der Waals surface area contributed by atoms with Crippen molar-refractivity contribution in [2.75, 3.05) is 39.6 Å². The summed E-state index contributed by atoms with van der Waals surface area (Å²) >= 11 is 0. The third-order valence-electron chi connectivity index (χ3n) is 21.8. The Labute approximate surface area is 721 Å². The van der Waals surface area contributed by atoms with Crippen molar-refractivity contribution in [1.29, 1.82) is 5.26 Å². The smallest absolute Gasteiger partial charge is 0.457 e. The molecule has 1 unspecified atom stereocenters. The van der Waals surface area contributed by atoms with E-state index in [1.807, 2.05) is 182 Å². The molecule has 1 aliphatic carbocycles. The molecule has 1 saturated heterocycles. The highest BCUT2D eigenvalue weighted by molar-refractivity contribution is 7.48. The first-order valence-electron chi connectivity index (χ1n) is 45.0. The van der Waals surface area contributed by atoms with E-state index in [0.29, 0.717) is 18.6 Å². The van der Waals surface area contributed by atoms with Crippen LogP contribution in [0, 0.1) is 11.3 Å². The number of benzene rings is 6. The Balaban J connectivity index is 1.20. The van der Waals surface area contributed by atoms with Crippen molar-refractivity contribution in [2.24, 2.45) is 5.11 Å². The number of nitrogens with zero attached hydrogens (tertiary/aromatic N) is 4. The van der Waals surface area contributed by atoms with Crippen molar-refractivity contribution in [3.63, 3.8) is 0 Å². The minimum atomic E-state index is -5.29. The summed E-state index contributed by atoms with van der Waals surface area (Å²) in [5.74, 6) is -0.655. The quantitative estimate of drug-likeness (QED) is 0.00653. The fraction of sp³-hybridized carbons (Fsp3) is 0.582. The first-order valence-corrected chi connectivity index (χ1v) is 46.5. The molecule has 23 heteroatoms. The number of carbonyl (C=O) groups is 2. The molecule has 6 aromatic carbocycles. The zero-order valence-corrected chi connectivity index (χ0v) is 72.9. The van der Waals surface area contributed by atoms with Gasteiger partial charge < -0.3 is 56.8 Å². The van der Waals surface area contributed by atoms with Gasteiger partial charge in [-0.2, -0.15) is 5.26 Å². The summed E-state index contributed by atoms with van der Waals surface area (Å²) in [6.45, 7) is 7.04. The lowest BCUT2D eigenvalue weighted by Gasteiger charge is -2.51. The summed E-state index contributed by atoms with van der Waals surface area (Å²) in [6, 6.07) is 57.2. The Morgan fingerprint density at radius 2 is 0.876 bits per heavy atom. The van der Waals surface area contributed by atoms with Crippen LogP contribution in [0.4, 0.5) is 4.79 Å². The second-order valence-corrected chi connectivity index (χ2v) is 33.2. The number of esters is 1. The standard InChI is InChI=1S/C98H137N4O18P/c1-4-7-9-11-13-15-17-19-20-21-23-25-27-29-31-51-68-106-76-85(116-98(104)113-75-84-63-48-37-49-64-84)77-115-121(105,114-69-52-66-99)120-96-94(118-87(103)65-50-30-28-26-24-22-18-16-14-12-10-8-5-2)92(111-73-82-59-44-35-45-60-82)91(110-72-81-57-42-34-43-58-81)93(112-74-83-61-46-36-47-62-83)95(96)119-97-88(101-102-100)90(109-71-80-55-40-33-41-56-80)89(108-67-6-3)86(117-97)78-107-70-79-53-38-32-39-54-79/h6,32-49,53-64,85-86,88-97H,3-5,7-31,50-52,65,67-78H2,1-2H3/t85-,86+,88+,89+,90+,91+,92+,93-,94+,95+,96+,97+,121?/m0/s1. The van der Waals surface area contributed by atoms with Crippen LogP contribution < -0.4 is 0 Å². The lowest BCUT2D eigenvalue weighted by molar-refractivity contribution is -0.333. The average Bonchev–Trinajstić information content (AvgIpc) is 0.746. The number of hydrogen-bond acceptors (Lipinski definition) is 20. The molecule has 8 rings (SSSR count). The topological polar surface area (TPSA) is 262 Å². The fourth-order valence-electron chi connectivity index (χ4n) is 15.2. The molecule has 13 atom stereocenters. The zero-order valence-electron chi connectivity index (χ0n) is 72.0. The Hall–Kier alpha value is -7.65. The van der Waals surface area contributed by atoms with E-state index in [2.05, 4.69) is 36.5 Å². The van der Waals surface area contributed by atoms with Crippen LogP contribution in [0.15, 0.2) is 200 Å². The molecule has 6 aromatic rings. The van der Waals surface area contributed by atoms with Gasteiger partial charge in [-0.3, -0.25) is 18.4 Å². The van der Waals surface area contributed by atoms with Crippen LogP contribution in [-0.2, 0) is 119 Å². The van der Waals surface area contributed by atoms with E-state index in [0.717, 1.165) is 85.6 Å². The molecular formula is C98H137N4O18P. The zero-order chi connectivity index (χ0) is 85.1. The van der Waals surface area contributed by atoms with Crippen molar-refractivity contribution < 1.29 is 84.6 Å². The number of rotatable bonds is 67. The highest BCUT2D eigenvalue weighted by atomic mass is 31.2. The van der Waals surface area contributed by atoms with E-state index in [-0.39, 0.29) is 72.3 Å². The molecule has 121 heavy (non-hydrogen) atoms. The summed E-state index contributed by atoms with van der Waals surface area (Å²) in [4.78, 5) is 32.8. The molecule has 2 fully saturated rings. The predicted octanol–water partition coefficient (Wildman–Crippen LogP) is 23.8. The molecule has 2 aliphatic rings. The Morgan fingerprint density at radius 3 is 1.31 bits per heavy atom. The number of phosphoric ester groups is 1. The molecule has 1 heterocycles. The molecule has 0 amide bonds. The van der Waals surface area contributed by atoms with Crippen LogP contribution in [0.25, 0.3) is 10.4 Å². The second kappa shape index (κ2) is 61.6. The van der Waals surface area contributed by atoms with Crippen molar-refractivity contribution in [3.05, 3.63) is 238 Å². The lowest BCUT2D eigenvalue weighted by Crippen LogP contribution is -2.69. The predicted molar refractivity (Wildman–Crippen MR) is 469 cm³/mol. The first-order chi connectivity index (χ1) is 59.6. The van der Waals surface area contributed by atoms with Gasteiger partial charge in [-0.1, -0.05) is 380 Å². The maximum absolute atomic E-state index is 16.8. The highest BCUT2D eigenvalue weighted by Gasteiger charge is 2.60. The van der Waals surface area contributed by atoms with Crippen molar-refractivity contribution >= 4 is 19.9 Å². The van der Waals surface area contributed by atoms with Gasteiger partial charge in [-0.05, 0) is 51.8 Å². The van der Waals surface area contributed by atoms with Crippen LogP contribution in [0.2, 0.25) is 0 Å². The minimum absolute atomic E-state index is 0.00684. The van der Waals surface area contributed by atoms with E-state index in [1.165, 1.54) is 122 Å². The molecule has 0 N–H and O–H groups in total. The summed E-state index contributed by atoms with van der Waals surface area (Å²) in [7, 11) is -5.29. The first kappa shape index (κ1) is 98.8. The third-order valence-corrected chi connectivity index (χ3v) is 23.2. The number of unbranched alkanes of at least 4 members (excludes halogenated alkanes) is 27. The maximum atomic E-state index is 16.8. The molecule has 0 bridgehead atoms. The summed E-state index contributed by atoms with van der Waals surface area (Å²) < 4.78 is 118. The number of carbonyl (C=O) groups excluding carboxylic acids is 2. The van der Waals surface area contributed by atoms with Gasteiger partial charge in [0.2, 0.25) is 0 Å². The lowest BCUT2D eigenvalue weighted by atomic mass is 9.83. The largest absolute Gasteiger partial charge is 0.509 e. The van der Waals surface area contributed by atoms with Crippen molar-refractivity contribution in [3.8, 4) is 6.07 Å². The number of hydrogen-bond donors (Lipinski definition) is 0.